The normalized spacial score (nSPS) is 25.9. The lowest BCUT2D eigenvalue weighted by atomic mass is 9.71. The molecule has 6 heteroatoms. The van der Waals surface area contributed by atoms with Gasteiger partial charge in [0.25, 0.3) is 0 Å². The highest BCUT2D eigenvalue weighted by atomic mass is 16.6. The molecule has 2 atom stereocenters. The lowest BCUT2D eigenvalue weighted by Crippen LogP contribution is -2.38. The first-order chi connectivity index (χ1) is 8.87. The van der Waals surface area contributed by atoms with E-state index < -0.39 is 18.8 Å². The molecule has 1 fully saturated rings. The average molecular weight is 265 g/mol. The lowest BCUT2D eigenvalue weighted by molar-refractivity contribution is 0.0490. The van der Waals surface area contributed by atoms with E-state index in [9.17, 15) is 9.82 Å². The first-order valence-electron chi connectivity index (χ1n) is 6.54. The summed E-state index contributed by atoms with van der Waals surface area (Å²) in [5.74, 6) is 0.134. The molecule has 2 rings (SSSR count). The van der Waals surface area contributed by atoms with E-state index >= 15 is 0 Å². The van der Waals surface area contributed by atoms with Crippen molar-refractivity contribution in [3.05, 3.63) is 23.7 Å². The second-order valence-electron chi connectivity index (χ2n) is 5.85. The minimum Gasteiger partial charge on any atom is -0.444 e. The highest BCUT2D eigenvalue weighted by Crippen LogP contribution is 2.33. The third kappa shape index (κ3) is 3.61. The largest absolute Gasteiger partial charge is 0.487 e. The highest BCUT2D eigenvalue weighted by molar-refractivity contribution is 6.53. The van der Waals surface area contributed by atoms with Gasteiger partial charge in [-0.15, -0.1) is 0 Å². The summed E-state index contributed by atoms with van der Waals surface area (Å²) in [5, 5.41) is 12.5. The van der Waals surface area contributed by atoms with Crippen molar-refractivity contribution in [1.29, 1.82) is 0 Å². The molecule has 104 valence electrons. The molecule has 19 heavy (non-hydrogen) atoms. The third-order valence-electron chi connectivity index (χ3n) is 3.13. The van der Waals surface area contributed by atoms with Crippen LogP contribution in [0, 0.1) is 5.92 Å². The Hall–Kier alpha value is -1.27. The lowest BCUT2D eigenvalue weighted by Gasteiger charge is -2.23. The Morgan fingerprint density at radius 1 is 1.63 bits per heavy atom. The van der Waals surface area contributed by atoms with E-state index in [-0.39, 0.29) is 12.0 Å². The Morgan fingerprint density at radius 2 is 2.37 bits per heavy atom. The predicted octanol–water partition coefficient (Wildman–Crippen LogP) is 1.43. The zero-order valence-electron chi connectivity index (χ0n) is 11.6. The number of hydrogen-bond acceptors (Lipinski definition) is 4. The standard InChI is InChI=1S/C13H20BNO4/c1-13(2,3)18-12(16)15-8-11-9-6-4-5-7-10(9)14(17)19-11/h4-5,7,9,11,17H,6,8H2,1-3H3,(H,15,16)/t9?,11-/m1/s1. The molecule has 1 aliphatic heterocycles. The van der Waals surface area contributed by atoms with Gasteiger partial charge in [0.05, 0.1) is 6.10 Å². The van der Waals surface area contributed by atoms with Gasteiger partial charge < -0.3 is 19.7 Å². The first kappa shape index (κ1) is 14.2. The van der Waals surface area contributed by atoms with E-state index in [1.165, 1.54) is 0 Å². The van der Waals surface area contributed by atoms with Crippen molar-refractivity contribution in [2.45, 2.75) is 38.9 Å². The van der Waals surface area contributed by atoms with Crippen molar-refractivity contribution in [2.24, 2.45) is 5.92 Å². The van der Waals surface area contributed by atoms with Crippen LogP contribution < -0.4 is 5.32 Å². The Bertz CT molecular complexity index is 413. The van der Waals surface area contributed by atoms with E-state index in [2.05, 4.69) is 5.32 Å². The second kappa shape index (κ2) is 5.39. The number of carbonyl (C=O) groups is 1. The molecular formula is C13H20BNO4. The van der Waals surface area contributed by atoms with Gasteiger partial charge in [0.1, 0.15) is 5.60 Å². The molecule has 1 heterocycles. The van der Waals surface area contributed by atoms with Gasteiger partial charge in [-0.1, -0.05) is 18.2 Å². The molecular weight excluding hydrogens is 245 g/mol. The third-order valence-corrected chi connectivity index (χ3v) is 3.13. The SMILES string of the molecule is CC(C)(C)OC(=O)NC[C@H]1OB(O)C2=CC=CCC21. The summed E-state index contributed by atoms with van der Waals surface area (Å²) in [6.07, 6.45) is 5.99. The molecule has 0 radical (unpaired) electrons. The molecule has 0 aromatic heterocycles. The summed E-state index contributed by atoms with van der Waals surface area (Å²) >= 11 is 0. The van der Waals surface area contributed by atoms with Crippen LogP contribution in [-0.2, 0) is 9.39 Å². The van der Waals surface area contributed by atoms with Gasteiger partial charge in [0, 0.05) is 12.5 Å². The quantitative estimate of drug-likeness (QED) is 0.741. The molecule has 0 aromatic carbocycles. The van der Waals surface area contributed by atoms with Crippen LogP contribution >= 0.6 is 0 Å². The summed E-state index contributed by atoms with van der Waals surface area (Å²) in [6.45, 7) is 5.78. The second-order valence-corrected chi connectivity index (χ2v) is 5.85. The van der Waals surface area contributed by atoms with Crippen LogP contribution in [0.15, 0.2) is 23.7 Å². The van der Waals surface area contributed by atoms with Crippen LogP contribution in [0.5, 0.6) is 0 Å². The van der Waals surface area contributed by atoms with Crippen molar-refractivity contribution in [2.75, 3.05) is 6.54 Å². The van der Waals surface area contributed by atoms with Gasteiger partial charge in [-0.2, -0.15) is 0 Å². The summed E-state index contributed by atoms with van der Waals surface area (Å²) in [5.41, 5.74) is 0.372. The zero-order valence-corrected chi connectivity index (χ0v) is 11.6. The van der Waals surface area contributed by atoms with Crippen LogP contribution in [0.25, 0.3) is 0 Å². The minimum atomic E-state index is -0.861. The Balaban J connectivity index is 1.86. The minimum absolute atomic E-state index is 0.134. The summed E-state index contributed by atoms with van der Waals surface area (Å²) in [4.78, 5) is 11.6. The molecule has 1 aliphatic carbocycles. The van der Waals surface area contributed by atoms with Crippen LogP contribution in [0.2, 0.25) is 0 Å². The van der Waals surface area contributed by atoms with Crippen molar-refractivity contribution in [1.82, 2.24) is 5.32 Å². The molecule has 0 spiro atoms. The van der Waals surface area contributed by atoms with Gasteiger partial charge >= 0.3 is 13.2 Å². The maximum absolute atomic E-state index is 11.6. The van der Waals surface area contributed by atoms with Crippen LogP contribution in [0.4, 0.5) is 4.79 Å². The van der Waals surface area contributed by atoms with Crippen LogP contribution in [0.3, 0.4) is 0 Å². The average Bonchev–Trinajstić information content (AvgIpc) is 2.62. The molecule has 1 unspecified atom stereocenters. The van der Waals surface area contributed by atoms with E-state index in [4.69, 9.17) is 9.39 Å². The monoisotopic (exact) mass is 265 g/mol. The Morgan fingerprint density at radius 3 is 3.05 bits per heavy atom. The number of nitrogens with one attached hydrogen (secondary N) is 1. The number of ether oxygens (including phenoxy) is 1. The molecule has 5 nitrogen and oxygen atoms in total. The van der Waals surface area contributed by atoms with E-state index in [1.54, 1.807) is 0 Å². The van der Waals surface area contributed by atoms with E-state index in [0.29, 0.717) is 6.54 Å². The Kier molecular flexibility index (Phi) is 4.01. The predicted molar refractivity (Wildman–Crippen MR) is 72.4 cm³/mol. The van der Waals surface area contributed by atoms with Gasteiger partial charge in [-0.25, -0.2) is 4.79 Å². The maximum Gasteiger partial charge on any atom is 0.487 e. The van der Waals surface area contributed by atoms with Crippen LogP contribution in [-0.4, -0.2) is 36.5 Å². The van der Waals surface area contributed by atoms with Gasteiger partial charge in [0.2, 0.25) is 0 Å². The molecule has 2 aliphatic rings. The van der Waals surface area contributed by atoms with Crippen molar-refractivity contribution in [3.8, 4) is 0 Å². The number of fused-ring (bicyclic) bond motifs is 1. The smallest absolute Gasteiger partial charge is 0.444 e. The van der Waals surface area contributed by atoms with Crippen molar-refractivity contribution in [3.63, 3.8) is 0 Å². The molecule has 0 saturated carbocycles. The van der Waals surface area contributed by atoms with Gasteiger partial charge in [-0.3, -0.25) is 0 Å². The molecule has 2 N–H and O–H groups in total. The summed E-state index contributed by atoms with van der Waals surface area (Å²) < 4.78 is 10.6. The topological polar surface area (TPSA) is 67.8 Å². The summed E-state index contributed by atoms with van der Waals surface area (Å²) in [7, 11) is -0.861. The molecule has 1 amide bonds. The maximum atomic E-state index is 11.6. The van der Waals surface area contributed by atoms with E-state index in [1.807, 2.05) is 39.0 Å². The molecule has 0 bridgehead atoms. The highest BCUT2D eigenvalue weighted by Gasteiger charge is 2.42. The van der Waals surface area contributed by atoms with Crippen LogP contribution in [0.1, 0.15) is 27.2 Å². The Labute approximate surface area is 113 Å². The number of amides is 1. The fraction of sp³-hybridized carbons (Fsp3) is 0.615. The van der Waals surface area contributed by atoms with Crippen molar-refractivity contribution >= 4 is 13.2 Å². The number of rotatable bonds is 2. The van der Waals surface area contributed by atoms with Gasteiger partial charge in [-0.05, 0) is 32.7 Å². The molecule has 0 aromatic rings. The number of carbonyl (C=O) groups excluding carboxylic acids is 1. The zero-order chi connectivity index (χ0) is 14.0. The van der Waals surface area contributed by atoms with E-state index in [0.717, 1.165) is 11.9 Å². The van der Waals surface area contributed by atoms with Gasteiger partial charge in [0.15, 0.2) is 0 Å². The fourth-order valence-corrected chi connectivity index (χ4v) is 2.32. The summed E-state index contributed by atoms with van der Waals surface area (Å²) in [6, 6.07) is 0. The number of allylic oxidation sites excluding steroid dienone is 3. The van der Waals surface area contributed by atoms with Crippen molar-refractivity contribution < 1.29 is 19.2 Å². The number of hydrogen-bond donors (Lipinski definition) is 2. The number of alkyl carbamates (subject to hydrolysis) is 1. The molecule has 1 saturated heterocycles. The fourth-order valence-electron chi connectivity index (χ4n) is 2.32. The first-order valence-corrected chi connectivity index (χ1v) is 6.54.